The number of methoxy groups -OCH3 is 1. The molecule has 0 bridgehead atoms. The topological polar surface area (TPSA) is 85.5 Å². The van der Waals surface area contributed by atoms with E-state index in [4.69, 9.17) is 4.74 Å². The summed E-state index contributed by atoms with van der Waals surface area (Å²) in [5.74, 6) is -1.33. The maximum atomic E-state index is 12.6. The molecule has 3 rings (SSSR count). The lowest BCUT2D eigenvalue weighted by molar-refractivity contribution is -0.140. The molecule has 0 radical (unpaired) electrons. The quantitative estimate of drug-likeness (QED) is 0.401. The highest BCUT2D eigenvalue weighted by Crippen LogP contribution is 2.20. The van der Waals surface area contributed by atoms with Gasteiger partial charge in [0.2, 0.25) is 5.78 Å². The van der Waals surface area contributed by atoms with E-state index in [9.17, 15) is 14.4 Å². The Balaban J connectivity index is 1.63. The minimum absolute atomic E-state index is 0.276. The maximum Gasteiger partial charge on any atom is 0.337 e. The van der Waals surface area contributed by atoms with E-state index in [1.54, 1.807) is 43.5 Å². The first-order valence-electron chi connectivity index (χ1n) is 8.67. The number of fused-ring (bicyclic) bond motifs is 1. The Morgan fingerprint density at radius 2 is 1.75 bits per heavy atom. The van der Waals surface area contributed by atoms with Gasteiger partial charge in [0.05, 0.1) is 12.7 Å². The molecular weight excluding hydrogens is 358 g/mol. The fourth-order valence-electron chi connectivity index (χ4n) is 2.77. The second-order valence-electron chi connectivity index (χ2n) is 6.14. The standard InChI is InChI=1S/C22H19NO5/c1-14(21(25)18-13-23-19-6-4-3-5-17(18)19)28-20(24)12-9-15-7-10-16(11-8-15)22(26)27-2/h3-14,23H,1-2H3/b12-9+. The van der Waals surface area contributed by atoms with Gasteiger partial charge in [-0.05, 0) is 36.8 Å². The number of para-hydroxylation sites is 1. The Bertz CT molecular complexity index is 1050. The molecule has 1 aromatic heterocycles. The lowest BCUT2D eigenvalue weighted by Crippen LogP contribution is -2.23. The molecule has 1 N–H and O–H groups in total. The molecule has 1 heterocycles. The van der Waals surface area contributed by atoms with Crippen molar-refractivity contribution in [3.63, 3.8) is 0 Å². The Morgan fingerprint density at radius 3 is 2.46 bits per heavy atom. The van der Waals surface area contributed by atoms with Crippen LogP contribution < -0.4 is 0 Å². The van der Waals surface area contributed by atoms with E-state index in [-0.39, 0.29) is 5.78 Å². The summed E-state index contributed by atoms with van der Waals surface area (Å²) in [6.07, 6.45) is 3.49. The summed E-state index contributed by atoms with van der Waals surface area (Å²) >= 11 is 0. The molecule has 2 aromatic carbocycles. The minimum atomic E-state index is -0.918. The van der Waals surface area contributed by atoms with Gasteiger partial charge in [-0.15, -0.1) is 0 Å². The van der Waals surface area contributed by atoms with Crippen molar-refractivity contribution in [1.29, 1.82) is 0 Å². The summed E-state index contributed by atoms with van der Waals surface area (Å²) in [7, 11) is 1.31. The van der Waals surface area contributed by atoms with E-state index in [1.165, 1.54) is 13.2 Å². The third-order valence-electron chi connectivity index (χ3n) is 4.26. The second-order valence-corrected chi connectivity index (χ2v) is 6.14. The van der Waals surface area contributed by atoms with Crippen LogP contribution in [0.15, 0.2) is 60.8 Å². The molecule has 6 heteroatoms. The van der Waals surface area contributed by atoms with Crippen LogP contribution in [0.3, 0.4) is 0 Å². The lowest BCUT2D eigenvalue weighted by atomic mass is 10.1. The fraction of sp³-hybridized carbons (Fsp3) is 0.136. The van der Waals surface area contributed by atoms with Crippen molar-refractivity contribution < 1.29 is 23.9 Å². The van der Waals surface area contributed by atoms with Crippen molar-refractivity contribution in [3.8, 4) is 0 Å². The average molecular weight is 377 g/mol. The summed E-state index contributed by atoms with van der Waals surface area (Å²) in [5.41, 5.74) is 2.46. The van der Waals surface area contributed by atoms with Crippen molar-refractivity contribution >= 4 is 34.7 Å². The predicted molar refractivity (Wildman–Crippen MR) is 105 cm³/mol. The molecule has 0 amide bonds. The van der Waals surface area contributed by atoms with Gasteiger partial charge in [0.15, 0.2) is 6.10 Å². The molecule has 28 heavy (non-hydrogen) atoms. The van der Waals surface area contributed by atoms with Gasteiger partial charge in [-0.1, -0.05) is 30.3 Å². The maximum absolute atomic E-state index is 12.6. The fourth-order valence-corrected chi connectivity index (χ4v) is 2.77. The van der Waals surface area contributed by atoms with Gasteiger partial charge in [0.1, 0.15) is 0 Å². The van der Waals surface area contributed by atoms with E-state index in [1.807, 2.05) is 24.3 Å². The molecule has 0 aliphatic rings. The number of hydrogen-bond acceptors (Lipinski definition) is 5. The number of carbonyl (C=O) groups excluding carboxylic acids is 3. The molecule has 1 unspecified atom stereocenters. The van der Waals surface area contributed by atoms with Crippen molar-refractivity contribution in [1.82, 2.24) is 4.98 Å². The number of nitrogens with one attached hydrogen (secondary N) is 1. The predicted octanol–water partition coefficient (Wildman–Crippen LogP) is 3.78. The average Bonchev–Trinajstić information content (AvgIpc) is 3.15. The minimum Gasteiger partial charge on any atom is -0.465 e. The molecule has 0 spiro atoms. The number of carbonyl (C=O) groups is 3. The van der Waals surface area contributed by atoms with Gasteiger partial charge in [-0.2, -0.15) is 0 Å². The Morgan fingerprint density at radius 1 is 1.04 bits per heavy atom. The number of hydrogen-bond donors (Lipinski definition) is 1. The number of benzene rings is 2. The molecule has 142 valence electrons. The molecule has 6 nitrogen and oxygen atoms in total. The summed E-state index contributed by atoms with van der Waals surface area (Å²) in [6, 6.07) is 14.0. The Hall–Kier alpha value is -3.67. The van der Waals surface area contributed by atoms with Crippen LogP contribution in [0, 0.1) is 0 Å². The lowest BCUT2D eigenvalue weighted by Gasteiger charge is -2.10. The van der Waals surface area contributed by atoms with Gasteiger partial charge in [-0.25, -0.2) is 9.59 Å². The number of aromatic nitrogens is 1. The van der Waals surface area contributed by atoms with Gasteiger partial charge >= 0.3 is 11.9 Å². The normalized spacial score (nSPS) is 12.1. The van der Waals surface area contributed by atoms with Crippen LogP contribution in [0.25, 0.3) is 17.0 Å². The summed E-state index contributed by atoms with van der Waals surface area (Å²) in [4.78, 5) is 39.1. The van der Waals surface area contributed by atoms with Crippen LogP contribution in [0.5, 0.6) is 0 Å². The molecular formula is C22H19NO5. The first-order valence-corrected chi connectivity index (χ1v) is 8.67. The van der Waals surface area contributed by atoms with Crippen molar-refractivity contribution in [2.24, 2.45) is 0 Å². The number of ketones is 1. The van der Waals surface area contributed by atoms with Crippen molar-refractivity contribution in [3.05, 3.63) is 77.5 Å². The Kier molecular flexibility index (Phi) is 5.69. The summed E-state index contributed by atoms with van der Waals surface area (Å²) in [6.45, 7) is 1.54. The molecule has 0 saturated carbocycles. The third-order valence-corrected chi connectivity index (χ3v) is 4.26. The molecule has 0 aliphatic heterocycles. The highest BCUT2D eigenvalue weighted by atomic mass is 16.5. The van der Waals surface area contributed by atoms with Crippen LogP contribution in [0.1, 0.15) is 33.2 Å². The zero-order valence-electron chi connectivity index (χ0n) is 15.5. The number of rotatable bonds is 6. The van der Waals surface area contributed by atoms with Crippen LogP contribution in [0.4, 0.5) is 0 Å². The number of Topliss-reactive ketones (excluding diaryl/α,β-unsaturated/α-hetero) is 1. The van der Waals surface area contributed by atoms with Gasteiger partial charge < -0.3 is 14.5 Å². The highest BCUT2D eigenvalue weighted by Gasteiger charge is 2.21. The van der Waals surface area contributed by atoms with E-state index >= 15 is 0 Å². The molecule has 3 aromatic rings. The van der Waals surface area contributed by atoms with Gasteiger partial charge in [0.25, 0.3) is 0 Å². The van der Waals surface area contributed by atoms with Crippen LogP contribution in [0.2, 0.25) is 0 Å². The van der Waals surface area contributed by atoms with Crippen LogP contribution in [-0.2, 0) is 14.3 Å². The number of aromatic amines is 1. The first-order chi connectivity index (χ1) is 13.5. The van der Waals surface area contributed by atoms with Gasteiger partial charge in [0, 0.05) is 28.7 Å². The van der Waals surface area contributed by atoms with Gasteiger partial charge in [-0.3, -0.25) is 4.79 Å². The highest BCUT2D eigenvalue weighted by molar-refractivity contribution is 6.10. The second kappa shape index (κ2) is 8.35. The first kappa shape index (κ1) is 19.1. The number of esters is 2. The van der Waals surface area contributed by atoms with E-state index < -0.39 is 18.0 Å². The smallest absolute Gasteiger partial charge is 0.337 e. The zero-order valence-corrected chi connectivity index (χ0v) is 15.5. The summed E-state index contributed by atoms with van der Waals surface area (Å²) < 4.78 is 9.86. The zero-order chi connectivity index (χ0) is 20.1. The van der Waals surface area contributed by atoms with Crippen molar-refractivity contribution in [2.75, 3.05) is 7.11 Å². The van der Waals surface area contributed by atoms with E-state index in [2.05, 4.69) is 9.72 Å². The third kappa shape index (κ3) is 4.17. The molecule has 0 fully saturated rings. The van der Waals surface area contributed by atoms with E-state index in [0.29, 0.717) is 16.7 Å². The molecule has 0 saturated heterocycles. The van der Waals surface area contributed by atoms with E-state index in [0.717, 1.165) is 10.9 Å². The molecule has 0 aliphatic carbocycles. The largest absolute Gasteiger partial charge is 0.465 e. The monoisotopic (exact) mass is 377 g/mol. The van der Waals surface area contributed by atoms with Crippen LogP contribution in [-0.4, -0.2) is 35.9 Å². The Labute approximate surface area is 161 Å². The van der Waals surface area contributed by atoms with Crippen LogP contribution >= 0.6 is 0 Å². The molecule has 1 atom stereocenters. The van der Waals surface area contributed by atoms with Crippen molar-refractivity contribution in [2.45, 2.75) is 13.0 Å². The SMILES string of the molecule is COC(=O)c1ccc(/C=C/C(=O)OC(C)C(=O)c2c[nH]c3ccccc23)cc1. The number of H-pyrrole nitrogens is 1. The summed E-state index contributed by atoms with van der Waals surface area (Å²) in [5, 5.41) is 0.789. The number of ether oxygens (including phenoxy) is 2.